The van der Waals surface area contributed by atoms with E-state index in [9.17, 15) is 0 Å². The van der Waals surface area contributed by atoms with Crippen molar-refractivity contribution in [3.05, 3.63) is 48.2 Å². The van der Waals surface area contributed by atoms with Gasteiger partial charge in [0, 0.05) is 11.9 Å². The van der Waals surface area contributed by atoms with Gasteiger partial charge in [0.15, 0.2) is 10.8 Å². The van der Waals surface area contributed by atoms with Gasteiger partial charge in [0.1, 0.15) is 5.82 Å². The van der Waals surface area contributed by atoms with Crippen molar-refractivity contribution in [2.45, 2.75) is 31.3 Å². The molecule has 2 heterocycles. The number of anilines is 2. The summed E-state index contributed by atoms with van der Waals surface area (Å²) in [5.41, 5.74) is 3.12. The first-order valence-corrected chi connectivity index (χ1v) is 9.05. The van der Waals surface area contributed by atoms with Crippen molar-refractivity contribution in [2.24, 2.45) is 0 Å². The minimum atomic E-state index is 0.717. The maximum Gasteiger partial charge on any atom is 0.191 e. The first-order chi connectivity index (χ1) is 11.3. The van der Waals surface area contributed by atoms with Crippen LogP contribution in [0.1, 0.15) is 25.3 Å². The highest BCUT2D eigenvalue weighted by Gasteiger charge is 2.08. The van der Waals surface area contributed by atoms with E-state index >= 15 is 0 Å². The number of nitrogens with one attached hydrogen (secondary N) is 1. The number of thioether (sulfide) groups is 1. The van der Waals surface area contributed by atoms with Gasteiger partial charge in [-0.15, -0.1) is 0 Å². The summed E-state index contributed by atoms with van der Waals surface area (Å²) in [6.45, 7) is 2.22. The maximum atomic E-state index is 4.59. The lowest BCUT2D eigenvalue weighted by Crippen LogP contribution is -1.99. The molecule has 2 aromatic heterocycles. The van der Waals surface area contributed by atoms with Gasteiger partial charge in [0.25, 0.3) is 0 Å². The molecule has 0 bridgehead atoms. The van der Waals surface area contributed by atoms with Crippen LogP contribution in [0, 0.1) is 0 Å². The van der Waals surface area contributed by atoms with Crippen molar-refractivity contribution in [2.75, 3.05) is 11.6 Å². The summed E-state index contributed by atoms with van der Waals surface area (Å²) in [6.07, 6.45) is 7.30. The Balaban J connectivity index is 1.88. The van der Waals surface area contributed by atoms with E-state index in [2.05, 4.69) is 51.5 Å². The molecule has 0 amide bonds. The number of unbranched alkanes of at least 4 members (excludes halogenated alkanes) is 1. The van der Waals surface area contributed by atoms with E-state index in [1.807, 2.05) is 18.4 Å². The fourth-order valence-electron chi connectivity index (χ4n) is 2.40. The van der Waals surface area contributed by atoms with Crippen molar-refractivity contribution >= 4 is 34.3 Å². The van der Waals surface area contributed by atoms with Crippen LogP contribution in [0.3, 0.4) is 0 Å². The highest BCUT2D eigenvalue weighted by Crippen LogP contribution is 2.25. The van der Waals surface area contributed by atoms with E-state index in [1.54, 1.807) is 6.20 Å². The Bertz CT molecular complexity index is 787. The number of fused-ring (bicyclic) bond motifs is 1. The van der Waals surface area contributed by atoms with Crippen LogP contribution in [0.5, 0.6) is 0 Å². The second kappa shape index (κ2) is 7.42. The molecule has 0 radical (unpaired) electrons. The Kier molecular flexibility index (Phi) is 5.08. The molecule has 0 unspecified atom stereocenters. The van der Waals surface area contributed by atoms with Crippen molar-refractivity contribution in [3.8, 4) is 0 Å². The first kappa shape index (κ1) is 15.7. The lowest BCUT2D eigenvalue weighted by molar-refractivity contribution is 0.795. The molecule has 1 N–H and O–H groups in total. The first-order valence-electron chi connectivity index (χ1n) is 7.83. The van der Waals surface area contributed by atoms with Crippen LogP contribution in [0.2, 0.25) is 0 Å². The molecule has 0 atom stereocenters. The molecule has 0 spiro atoms. The number of aromatic nitrogens is 3. The Morgan fingerprint density at radius 2 is 1.91 bits per heavy atom. The number of aryl methyl sites for hydroxylation is 1. The summed E-state index contributed by atoms with van der Waals surface area (Å²) >= 11 is 1.52. The Morgan fingerprint density at radius 3 is 2.65 bits per heavy atom. The topological polar surface area (TPSA) is 50.7 Å². The highest BCUT2D eigenvalue weighted by atomic mass is 32.2. The molecule has 5 heteroatoms. The zero-order valence-corrected chi connectivity index (χ0v) is 14.2. The minimum absolute atomic E-state index is 0.717. The molecular weight excluding hydrogens is 304 g/mol. The van der Waals surface area contributed by atoms with E-state index in [0.717, 1.165) is 28.5 Å². The largest absolute Gasteiger partial charge is 0.340 e. The average Bonchev–Trinajstić information content (AvgIpc) is 2.61. The lowest BCUT2D eigenvalue weighted by Gasteiger charge is -2.10. The van der Waals surface area contributed by atoms with Crippen molar-refractivity contribution in [1.82, 2.24) is 15.0 Å². The normalized spacial score (nSPS) is 10.9. The van der Waals surface area contributed by atoms with Crippen molar-refractivity contribution in [3.63, 3.8) is 0 Å². The molecule has 3 rings (SSSR count). The summed E-state index contributed by atoms with van der Waals surface area (Å²) in [5.74, 6) is 0.800. The highest BCUT2D eigenvalue weighted by molar-refractivity contribution is 7.98. The molecule has 0 fully saturated rings. The average molecular weight is 324 g/mol. The molecule has 1 aromatic carbocycles. The summed E-state index contributed by atoms with van der Waals surface area (Å²) in [5, 5.41) is 5.05. The van der Waals surface area contributed by atoms with Crippen LogP contribution >= 0.6 is 11.8 Å². The third kappa shape index (κ3) is 3.79. The van der Waals surface area contributed by atoms with E-state index < -0.39 is 0 Å². The summed E-state index contributed by atoms with van der Waals surface area (Å²) < 4.78 is 0. The van der Waals surface area contributed by atoms with E-state index in [4.69, 9.17) is 0 Å². The molecule has 3 aromatic rings. The number of nitrogens with zero attached hydrogens (tertiary/aromatic N) is 3. The van der Waals surface area contributed by atoms with Crippen LogP contribution < -0.4 is 5.32 Å². The van der Waals surface area contributed by atoms with E-state index in [1.165, 1.54) is 30.2 Å². The number of hydrogen-bond donors (Lipinski definition) is 1. The summed E-state index contributed by atoms with van der Waals surface area (Å²) in [6, 6.07) is 12.5. The fourth-order valence-corrected chi connectivity index (χ4v) is 2.76. The number of rotatable bonds is 6. The minimum Gasteiger partial charge on any atom is -0.340 e. The van der Waals surface area contributed by atoms with Crippen molar-refractivity contribution < 1.29 is 0 Å². The zero-order chi connectivity index (χ0) is 16.1. The van der Waals surface area contributed by atoms with Gasteiger partial charge in [0.2, 0.25) is 0 Å². The van der Waals surface area contributed by atoms with E-state index in [0.29, 0.717) is 5.65 Å². The molecule has 0 saturated carbocycles. The van der Waals surface area contributed by atoms with Gasteiger partial charge in [-0.3, -0.25) is 0 Å². The van der Waals surface area contributed by atoms with Crippen molar-refractivity contribution in [1.29, 1.82) is 0 Å². The van der Waals surface area contributed by atoms with Gasteiger partial charge in [-0.25, -0.2) is 15.0 Å². The standard InChI is InChI=1S/C18H20N4S/c1-3-4-6-13-8-10-14(11-9-13)20-17-15-7-5-12-19-16(15)21-18(22-17)23-2/h5,7-12H,3-4,6H2,1-2H3,(H,19,20,21,22). The summed E-state index contributed by atoms with van der Waals surface area (Å²) in [7, 11) is 0. The third-order valence-corrected chi connectivity index (χ3v) is 4.22. The number of benzene rings is 1. The SMILES string of the molecule is CCCCc1ccc(Nc2nc(SC)nc3ncccc23)cc1. The van der Waals surface area contributed by atoms with Crippen LogP contribution in [0.25, 0.3) is 11.0 Å². The predicted molar refractivity (Wildman–Crippen MR) is 97.5 cm³/mol. The van der Waals surface area contributed by atoms with Gasteiger partial charge >= 0.3 is 0 Å². The van der Waals surface area contributed by atoms with Gasteiger partial charge in [-0.05, 0) is 48.9 Å². The molecule has 0 aliphatic heterocycles. The smallest absolute Gasteiger partial charge is 0.191 e. The second-order valence-electron chi connectivity index (χ2n) is 5.36. The number of hydrogen-bond acceptors (Lipinski definition) is 5. The lowest BCUT2D eigenvalue weighted by atomic mass is 10.1. The monoisotopic (exact) mass is 324 g/mol. The Morgan fingerprint density at radius 1 is 1.09 bits per heavy atom. The van der Waals surface area contributed by atoms with E-state index in [-0.39, 0.29) is 0 Å². The summed E-state index contributed by atoms with van der Waals surface area (Å²) in [4.78, 5) is 13.4. The second-order valence-corrected chi connectivity index (χ2v) is 6.13. The van der Waals surface area contributed by atoms with Crippen LogP contribution in [0.15, 0.2) is 47.8 Å². The maximum absolute atomic E-state index is 4.59. The van der Waals surface area contributed by atoms with Crippen LogP contribution in [-0.2, 0) is 6.42 Å². The van der Waals surface area contributed by atoms with Crippen LogP contribution in [-0.4, -0.2) is 21.2 Å². The van der Waals surface area contributed by atoms with Gasteiger partial charge < -0.3 is 5.32 Å². The molecule has 0 aliphatic rings. The molecule has 118 valence electrons. The fraction of sp³-hybridized carbons (Fsp3) is 0.278. The predicted octanol–water partition coefficient (Wildman–Crippen LogP) is 4.83. The van der Waals surface area contributed by atoms with Gasteiger partial charge in [0.05, 0.1) is 5.39 Å². The number of pyridine rings is 1. The molecule has 0 saturated heterocycles. The van der Waals surface area contributed by atoms with Gasteiger partial charge in [-0.1, -0.05) is 37.2 Å². The Hall–Kier alpha value is -2.14. The quantitative estimate of drug-likeness (QED) is 0.520. The Labute approximate surface area is 140 Å². The molecule has 4 nitrogen and oxygen atoms in total. The molecule has 0 aliphatic carbocycles. The molecule has 23 heavy (non-hydrogen) atoms. The van der Waals surface area contributed by atoms with Gasteiger partial charge in [-0.2, -0.15) is 0 Å². The zero-order valence-electron chi connectivity index (χ0n) is 13.4. The van der Waals surface area contributed by atoms with Crippen LogP contribution in [0.4, 0.5) is 11.5 Å². The third-order valence-electron chi connectivity index (χ3n) is 3.67. The molecular formula is C18H20N4S.